The maximum absolute atomic E-state index is 11.3. The number of nitrogens with zero attached hydrogens (tertiary/aromatic N) is 2. The Balaban J connectivity index is 2.30. The van der Waals surface area contributed by atoms with Crippen molar-refractivity contribution >= 4 is 26.1 Å². The molecule has 8 heteroatoms. The molecule has 2 aromatic rings. The molecule has 0 saturated carbocycles. The minimum Gasteiger partial charge on any atom is -0.353 e. The lowest BCUT2D eigenvalue weighted by atomic mass is 10.1. The van der Waals surface area contributed by atoms with Crippen molar-refractivity contribution in [3.63, 3.8) is 0 Å². The van der Waals surface area contributed by atoms with E-state index in [2.05, 4.69) is 15.5 Å². The number of hydrogen-bond donors (Lipinski definition) is 1. The Kier molecular flexibility index (Phi) is 4.31. The van der Waals surface area contributed by atoms with Crippen LogP contribution in [-0.2, 0) is 20.4 Å². The van der Waals surface area contributed by atoms with E-state index in [0.29, 0.717) is 23.4 Å². The Morgan fingerprint density at radius 1 is 1.20 bits per heavy atom. The summed E-state index contributed by atoms with van der Waals surface area (Å²) in [6.45, 7) is 0.285. The van der Waals surface area contributed by atoms with Gasteiger partial charge in [0, 0.05) is 16.2 Å². The first-order valence-electron chi connectivity index (χ1n) is 5.55. The number of carbonyl (C=O) groups is 1. The monoisotopic (exact) mass is 311 g/mol. The number of rotatable bonds is 5. The van der Waals surface area contributed by atoms with Crippen molar-refractivity contribution < 1.29 is 13.2 Å². The summed E-state index contributed by atoms with van der Waals surface area (Å²) >= 11 is 0. The summed E-state index contributed by atoms with van der Waals surface area (Å²) in [6, 6.07) is 9.50. The van der Waals surface area contributed by atoms with E-state index >= 15 is 0 Å². The van der Waals surface area contributed by atoms with E-state index in [1.54, 1.807) is 24.3 Å². The fourth-order valence-corrected chi connectivity index (χ4v) is 2.36. The van der Waals surface area contributed by atoms with Gasteiger partial charge in [0.1, 0.15) is 0 Å². The molecule has 1 amide bonds. The van der Waals surface area contributed by atoms with Crippen LogP contribution in [-0.4, -0.2) is 25.0 Å². The molecule has 2 rings (SSSR count). The van der Waals surface area contributed by atoms with Crippen molar-refractivity contribution in [2.75, 3.05) is 0 Å². The van der Waals surface area contributed by atoms with Gasteiger partial charge in [-0.1, -0.05) is 12.1 Å². The highest BCUT2D eigenvalue weighted by atomic mass is 35.7. The Bertz CT molecular complexity index is 717. The molecule has 0 atom stereocenters. The van der Waals surface area contributed by atoms with Crippen LogP contribution >= 0.6 is 10.7 Å². The van der Waals surface area contributed by atoms with E-state index in [4.69, 9.17) is 10.7 Å². The normalized spacial score (nSPS) is 11.1. The second-order valence-corrected chi connectivity index (χ2v) is 6.44. The lowest BCUT2D eigenvalue weighted by Gasteiger charge is -2.03. The Morgan fingerprint density at radius 3 is 2.60 bits per heavy atom. The van der Waals surface area contributed by atoms with Crippen molar-refractivity contribution in [2.45, 2.75) is 11.4 Å². The van der Waals surface area contributed by atoms with Crippen molar-refractivity contribution in [3.8, 4) is 11.3 Å². The molecule has 104 valence electrons. The van der Waals surface area contributed by atoms with Crippen LogP contribution in [0.4, 0.5) is 0 Å². The summed E-state index contributed by atoms with van der Waals surface area (Å²) in [4.78, 5) is 10.2. The predicted octanol–water partition coefficient (Wildman–Crippen LogP) is 1.32. The summed E-state index contributed by atoms with van der Waals surface area (Å²) < 4.78 is 22.6. The molecule has 0 aliphatic rings. The number of hydrogen-bond acceptors (Lipinski definition) is 5. The molecule has 0 aliphatic heterocycles. The van der Waals surface area contributed by atoms with E-state index in [9.17, 15) is 13.2 Å². The van der Waals surface area contributed by atoms with Crippen LogP contribution in [0.1, 0.15) is 5.69 Å². The molecule has 0 bridgehead atoms. The average molecular weight is 312 g/mol. The zero-order valence-corrected chi connectivity index (χ0v) is 11.7. The molecule has 0 saturated heterocycles. The molecular formula is C12H10ClN3O3S. The van der Waals surface area contributed by atoms with Crippen LogP contribution in [0.2, 0.25) is 0 Å². The van der Waals surface area contributed by atoms with E-state index in [0.717, 1.165) is 0 Å². The summed E-state index contributed by atoms with van der Waals surface area (Å²) in [6.07, 6.45) is 0.574. The van der Waals surface area contributed by atoms with Gasteiger partial charge in [-0.25, -0.2) is 8.42 Å². The number of halogens is 1. The van der Waals surface area contributed by atoms with Gasteiger partial charge >= 0.3 is 0 Å². The first-order chi connectivity index (χ1) is 9.50. The minimum atomic E-state index is -3.78. The number of nitrogens with one attached hydrogen (secondary N) is 1. The van der Waals surface area contributed by atoms with Gasteiger partial charge in [0.05, 0.1) is 22.8 Å². The molecule has 1 N–H and O–H groups in total. The van der Waals surface area contributed by atoms with Crippen LogP contribution in [0.3, 0.4) is 0 Å². The Labute approximate surface area is 120 Å². The molecule has 6 nitrogen and oxygen atoms in total. The zero-order valence-electron chi connectivity index (χ0n) is 10.2. The quantitative estimate of drug-likeness (QED) is 0.664. The maximum Gasteiger partial charge on any atom is 0.261 e. The van der Waals surface area contributed by atoms with Crippen molar-refractivity contribution in [1.29, 1.82) is 0 Å². The van der Waals surface area contributed by atoms with Crippen LogP contribution in [0.25, 0.3) is 11.3 Å². The van der Waals surface area contributed by atoms with Gasteiger partial charge < -0.3 is 5.32 Å². The van der Waals surface area contributed by atoms with Crippen LogP contribution in [0, 0.1) is 0 Å². The summed E-state index contributed by atoms with van der Waals surface area (Å²) in [5, 5.41) is 10.4. The van der Waals surface area contributed by atoms with Gasteiger partial charge in [0.15, 0.2) is 0 Å². The molecule has 0 aliphatic carbocycles. The number of benzene rings is 1. The standard InChI is InChI=1S/C12H10ClN3O3S/c13-20(18,19)11-3-1-2-9(6-11)12-5-4-10(15-16-12)7-14-8-17/h1-6,8H,7H2,(H,14,17). The Hall–Kier alpha value is -1.99. The van der Waals surface area contributed by atoms with Gasteiger partial charge in [0.25, 0.3) is 9.05 Å². The molecule has 1 aromatic heterocycles. The largest absolute Gasteiger partial charge is 0.353 e. The zero-order chi connectivity index (χ0) is 14.6. The van der Waals surface area contributed by atoms with Crippen LogP contribution < -0.4 is 5.32 Å². The lowest BCUT2D eigenvalue weighted by Crippen LogP contribution is -2.11. The third-order valence-corrected chi connectivity index (χ3v) is 3.85. The van der Waals surface area contributed by atoms with Gasteiger partial charge in [-0.15, -0.1) is 0 Å². The SMILES string of the molecule is O=CNCc1ccc(-c2cccc(S(=O)(=O)Cl)c2)nn1. The number of aromatic nitrogens is 2. The molecule has 0 radical (unpaired) electrons. The third-order valence-electron chi connectivity index (χ3n) is 2.50. The minimum absolute atomic E-state index is 0.00478. The highest BCUT2D eigenvalue weighted by molar-refractivity contribution is 8.13. The smallest absolute Gasteiger partial charge is 0.261 e. The lowest BCUT2D eigenvalue weighted by molar-refractivity contribution is -0.109. The maximum atomic E-state index is 11.3. The fourth-order valence-electron chi connectivity index (χ4n) is 1.56. The van der Waals surface area contributed by atoms with Crippen LogP contribution in [0.5, 0.6) is 0 Å². The van der Waals surface area contributed by atoms with Gasteiger partial charge in [-0.2, -0.15) is 10.2 Å². The van der Waals surface area contributed by atoms with Crippen molar-refractivity contribution in [1.82, 2.24) is 15.5 Å². The average Bonchev–Trinajstić information content (AvgIpc) is 2.45. The second kappa shape index (κ2) is 5.98. The molecule has 0 unspecified atom stereocenters. The second-order valence-electron chi connectivity index (χ2n) is 3.87. The van der Waals surface area contributed by atoms with Gasteiger partial charge in [-0.05, 0) is 24.3 Å². The predicted molar refractivity (Wildman–Crippen MR) is 73.4 cm³/mol. The number of carbonyl (C=O) groups excluding carboxylic acids is 1. The third kappa shape index (κ3) is 3.52. The molecular weight excluding hydrogens is 302 g/mol. The molecule has 1 heterocycles. The first-order valence-corrected chi connectivity index (χ1v) is 7.86. The van der Waals surface area contributed by atoms with E-state index in [-0.39, 0.29) is 11.4 Å². The van der Waals surface area contributed by atoms with Crippen molar-refractivity contribution in [2.24, 2.45) is 0 Å². The number of amides is 1. The van der Waals surface area contributed by atoms with E-state index in [1.807, 2.05) is 0 Å². The molecule has 1 aromatic carbocycles. The first kappa shape index (κ1) is 14.4. The highest BCUT2D eigenvalue weighted by Crippen LogP contribution is 2.22. The van der Waals surface area contributed by atoms with Crippen LogP contribution in [0.15, 0.2) is 41.3 Å². The van der Waals surface area contributed by atoms with E-state index < -0.39 is 9.05 Å². The molecule has 0 fully saturated rings. The summed E-state index contributed by atoms with van der Waals surface area (Å²) in [5.74, 6) is 0. The van der Waals surface area contributed by atoms with Gasteiger partial charge in [0.2, 0.25) is 6.41 Å². The topological polar surface area (TPSA) is 89.0 Å². The highest BCUT2D eigenvalue weighted by Gasteiger charge is 2.11. The molecule has 20 heavy (non-hydrogen) atoms. The fraction of sp³-hybridized carbons (Fsp3) is 0.0833. The van der Waals surface area contributed by atoms with E-state index in [1.165, 1.54) is 12.1 Å². The van der Waals surface area contributed by atoms with Crippen molar-refractivity contribution in [3.05, 3.63) is 42.1 Å². The Morgan fingerprint density at radius 2 is 2.00 bits per heavy atom. The summed E-state index contributed by atoms with van der Waals surface area (Å²) in [7, 11) is 1.52. The van der Waals surface area contributed by atoms with Gasteiger partial charge in [-0.3, -0.25) is 4.79 Å². The summed E-state index contributed by atoms with van der Waals surface area (Å²) in [5.41, 5.74) is 1.71. The molecule has 0 spiro atoms.